The fourth-order valence-corrected chi connectivity index (χ4v) is 0.128. The number of rotatable bonds is 0. The quantitative estimate of drug-likeness (QED) is 0.311. The summed E-state index contributed by atoms with van der Waals surface area (Å²) < 4.78 is 0. The molecule has 0 heterocycles. The van der Waals surface area contributed by atoms with Gasteiger partial charge in [-0.25, -0.2) is 4.99 Å². The zero-order chi connectivity index (χ0) is 5.54. The van der Waals surface area contributed by atoms with Gasteiger partial charge in [0, 0.05) is 18.6 Å². The van der Waals surface area contributed by atoms with Crippen molar-refractivity contribution >= 4 is 5.87 Å². The summed E-state index contributed by atoms with van der Waals surface area (Å²) in [5.74, 6) is 2.41. The van der Waals surface area contributed by atoms with Crippen molar-refractivity contribution in [1.29, 1.82) is 0 Å². The van der Waals surface area contributed by atoms with Crippen LogP contribution in [0.3, 0.4) is 0 Å². The SMILES string of the molecule is C=C=C=C=C=NC. The van der Waals surface area contributed by atoms with Gasteiger partial charge >= 0.3 is 0 Å². The highest BCUT2D eigenvalue weighted by Gasteiger charge is 1.34. The molecule has 0 fully saturated rings. The lowest BCUT2D eigenvalue weighted by Crippen LogP contribution is -1.40. The van der Waals surface area contributed by atoms with Gasteiger partial charge in [-0.2, -0.15) is 0 Å². The second-order valence-electron chi connectivity index (χ2n) is 0.762. The van der Waals surface area contributed by atoms with E-state index in [1.54, 1.807) is 7.05 Å². The minimum absolute atomic E-state index is 1.61. The summed E-state index contributed by atoms with van der Waals surface area (Å²) in [5, 5.41) is 0. The molecule has 0 saturated heterocycles. The summed E-state index contributed by atoms with van der Waals surface area (Å²) in [7, 11) is 1.61. The highest BCUT2D eigenvalue weighted by atomic mass is 14.6. The molecule has 0 N–H and O–H groups in total. The maximum Gasteiger partial charge on any atom is 0.0427 e. The molecule has 0 rings (SSSR count). The van der Waals surface area contributed by atoms with Crippen LogP contribution in [0, 0.1) is 0 Å². The maximum absolute atomic E-state index is 3.48. The summed E-state index contributed by atoms with van der Waals surface area (Å²) in [6, 6.07) is 0. The molecule has 1 heteroatoms. The van der Waals surface area contributed by atoms with E-state index in [-0.39, 0.29) is 0 Å². The Labute approximate surface area is 42.7 Å². The number of hydrogen-bond donors (Lipinski definition) is 0. The third-order valence-electron chi connectivity index (χ3n) is 0.319. The van der Waals surface area contributed by atoms with Crippen molar-refractivity contribution in [3.8, 4) is 0 Å². The molecule has 7 heavy (non-hydrogen) atoms. The Morgan fingerprint density at radius 1 is 1.43 bits per heavy atom. The van der Waals surface area contributed by atoms with Crippen LogP contribution in [0.15, 0.2) is 28.8 Å². The van der Waals surface area contributed by atoms with Gasteiger partial charge in [-0.1, -0.05) is 5.73 Å². The average Bonchev–Trinajstić information content (AvgIpc) is 1.69. The van der Waals surface area contributed by atoms with E-state index in [2.05, 4.69) is 34.6 Å². The summed E-state index contributed by atoms with van der Waals surface area (Å²) in [6.07, 6.45) is 0. The third kappa shape index (κ3) is 4.79. The summed E-state index contributed by atoms with van der Waals surface area (Å²) in [4.78, 5) is 3.48. The van der Waals surface area contributed by atoms with Crippen LogP contribution in [0.1, 0.15) is 0 Å². The Morgan fingerprint density at radius 3 is 2.57 bits per heavy atom. The van der Waals surface area contributed by atoms with E-state index in [9.17, 15) is 0 Å². The standard InChI is InChI=1S/C6H5N/c1-3-4-5-6-7-2/h1H2,2H3. The second kappa shape index (κ2) is 4.79. The van der Waals surface area contributed by atoms with E-state index < -0.39 is 0 Å². The van der Waals surface area contributed by atoms with Crippen LogP contribution in [0.25, 0.3) is 0 Å². The Balaban J connectivity index is 4.52. The number of nitrogens with zero attached hydrogens (tertiary/aromatic N) is 1. The van der Waals surface area contributed by atoms with Crippen LogP contribution in [-0.2, 0) is 0 Å². The monoisotopic (exact) mass is 91.0 g/mol. The van der Waals surface area contributed by atoms with Gasteiger partial charge in [0.25, 0.3) is 0 Å². The summed E-state index contributed by atoms with van der Waals surface area (Å²) in [6.45, 7) is 3.25. The third-order valence-corrected chi connectivity index (χ3v) is 0.319. The molecule has 0 aromatic carbocycles. The van der Waals surface area contributed by atoms with E-state index in [1.165, 1.54) is 0 Å². The first-order valence-corrected chi connectivity index (χ1v) is 1.77. The molecule has 0 bridgehead atoms. The van der Waals surface area contributed by atoms with Crippen molar-refractivity contribution in [1.82, 2.24) is 0 Å². The normalized spacial score (nSPS) is 4.14. The van der Waals surface area contributed by atoms with Crippen LogP contribution < -0.4 is 0 Å². The van der Waals surface area contributed by atoms with Crippen molar-refractivity contribution < 1.29 is 0 Å². The van der Waals surface area contributed by atoms with Gasteiger partial charge in [-0.3, -0.25) is 0 Å². The molecular formula is C6H5N. The summed E-state index contributed by atoms with van der Waals surface area (Å²) >= 11 is 0. The molecule has 0 aliphatic rings. The molecular weight excluding hydrogens is 86.1 g/mol. The molecule has 0 radical (unpaired) electrons. The summed E-state index contributed by atoms with van der Waals surface area (Å²) in [5.41, 5.74) is 7.25. The van der Waals surface area contributed by atoms with E-state index in [1.807, 2.05) is 0 Å². The fraction of sp³-hybridized carbons (Fsp3) is 0.167. The predicted octanol–water partition coefficient (Wildman–Crippen LogP) is 0.937. The van der Waals surface area contributed by atoms with Crippen molar-refractivity contribution in [3.63, 3.8) is 0 Å². The van der Waals surface area contributed by atoms with Gasteiger partial charge in [-0.05, 0) is 12.3 Å². The van der Waals surface area contributed by atoms with Gasteiger partial charge < -0.3 is 0 Å². The molecule has 0 atom stereocenters. The number of hydrogen-bond acceptors (Lipinski definition) is 1. The smallest absolute Gasteiger partial charge is 0.0427 e. The lowest BCUT2D eigenvalue weighted by molar-refractivity contribution is 1.49. The van der Waals surface area contributed by atoms with Gasteiger partial charge in [0.2, 0.25) is 0 Å². The van der Waals surface area contributed by atoms with Crippen LogP contribution in [0.5, 0.6) is 0 Å². The topological polar surface area (TPSA) is 12.4 Å². The highest BCUT2D eigenvalue weighted by Crippen LogP contribution is 1.43. The van der Waals surface area contributed by atoms with Crippen molar-refractivity contribution in [2.75, 3.05) is 7.05 Å². The first kappa shape index (κ1) is 5.79. The minimum Gasteiger partial charge on any atom is -0.238 e. The molecule has 0 aromatic heterocycles. The first-order chi connectivity index (χ1) is 3.41. The fourth-order valence-electron chi connectivity index (χ4n) is 0.128. The molecule has 1 nitrogen and oxygen atoms in total. The molecule has 0 spiro atoms. The Bertz CT molecular complexity index is 178. The van der Waals surface area contributed by atoms with Crippen LogP contribution in [-0.4, -0.2) is 12.9 Å². The van der Waals surface area contributed by atoms with E-state index >= 15 is 0 Å². The first-order valence-electron chi connectivity index (χ1n) is 1.77. The van der Waals surface area contributed by atoms with E-state index in [4.69, 9.17) is 0 Å². The Morgan fingerprint density at radius 2 is 2.14 bits per heavy atom. The lowest BCUT2D eigenvalue weighted by Gasteiger charge is -1.44. The van der Waals surface area contributed by atoms with Gasteiger partial charge in [0.05, 0.1) is 0 Å². The molecule has 0 amide bonds. The minimum atomic E-state index is 1.61. The van der Waals surface area contributed by atoms with Crippen molar-refractivity contribution in [3.05, 3.63) is 23.8 Å². The molecule has 0 aromatic rings. The lowest BCUT2D eigenvalue weighted by atomic mass is 10.8. The van der Waals surface area contributed by atoms with Gasteiger partial charge in [0.1, 0.15) is 0 Å². The average molecular weight is 91.1 g/mol. The van der Waals surface area contributed by atoms with Crippen molar-refractivity contribution in [2.45, 2.75) is 0 Å². The molecule has 0 aliphatic heterocycles. The largest absolute Gasteiger partial charge is 0.238 e. The molecule has 34 valence electrons. The predicted molar refractivity (Wildman–Crippen MR) is 29.5 cm³/mol. The maximum atomic E-state index is 3.48. The van der Waals surface area contributed by atoms with Crippen LogP contribution in [0.4, 0.5) is 0 Å². The van der Waals surface area contributed by atoms with E-state index in [0.29, 0.717) is 0 Å². The molecule has 0 unspecified atom stereocenters. The second-order valence-corrected chi connectivity index (χ2v) is 0.762. The van der Waals surface area contributed by atoms with Crippen LogP contribution in [0.2, 0.25) is 0 Å². The number of aliphatic imine (C=N–C) groups is 1. The van der Waals surface area contributed by atoms with Crippen LogP contribution >= 0.6 is 0 Å². The van der Waals surface area contributed by atoms with Gasteiger partial charge in [-0.15, -0.1) is 0 Å². The zero-order valence-corrected chi connectivity index (χ0v) is 4.15. The molecule has 0 saturated carbocycles. The zero-order valence-electron chi connectivity index (χ0n) is 4.15. The van der Waals surface area contributed by atoms with Crippen molar-refractivity contribution in [2.24, 2.45) is 4.99 Å². The highest BCUT2D eigenvalue weighted by molar-refractivity contribution is 5.49. The van der Waals surface area contributed by atoms with Gasteiger partial charge in [0.15, 0.2) is 0 Å². The Hall–Kier alpha value is -1.21. The molecule has 0 aliphatic carbocycles. The Kier molecular flexibility index (Phi) is 3.96. The van der Waals surface area contributed by atoms with E-state index in [0.717, 1.165) is 0 Å².